The van der Waals surface area contributed by atoms with Crippen LogP contribution in [0.15, 0.2) is 108 Å². The normalized spacial score (nSPS) is 17.7. The van der Waals surface area contributed by atoms with E-state index in [2.05, 4.69) is 24.3 Å². The average Bonchev–Trinajstić information content (AvgIpc) is 3.27. The summed E-state index contributed by atoms with van der Waals surface area (Å²) in [7, 11) is 0. The van der Waals surface area contributed by atoms with Crippen molar-refractivity contribution < 1.29 is 9.53 Å². The van der Waals surface area contributed by atoms with Crippen LogP contribution in [0.1, 0.15) is 23.1 Å². The molecule has 0 bridgehead atoms. The molecule has 0 N–H and O–H groups in total. The number of aliphatic imine (C=N–C) groups is 1. The van der Waals surface area contributed by atoms with Gasteiger partial charge in [-0.3, -0.25) is 9.79 Å². The van der Waals surface area contributed by atoms with Gasteiger partial charge in [-0.2, -0.15) is 0 Å². The van der Waals surface area contributed by atoms with Crippen LogP contribution in [-0.4, -0.2) is 17.7 Å². The Morgan fingerprint density at radius 2 is 1.34 bits per heavy atom. The second-order valence-electron chi connectivity index (χ2n) is 7.10. The fraction of sp³-hybridized carbons (Fsp3) is 0.154. The summed E-state index contributed by atoms with van der Waals surface area (Å²) in [6, 6.07) is 30.0. The van der Waals surface area contributed by atoms with Gasteiger partial charge in [0.2, 0.25) is 0 Å². The maximum Gasteiger partial charge on any atom is 0.313 e. The summed E-state index contributed by atoms with van der Waals surface area (Å²) >= 11 is 0. The van der Waals surface area contributed by atoms with Gasteiger partial charge in [0.25, 0.3) is 0 Å². The molecule has 144 valence electrons. The van der Waals surface area contributed by atoms with E-state index in [4.69, 9.17) is 9.73 Å². The molecule has 0 saturated heterocycles. The molecule has 1 aliphatic rings. The lowest BCUT2D eigenvalue weighted by molar-refractivity contribution is -0.148. The lowest BCUT2D eigenvalue weighted by Crippen LogP contribution is -2.17. The van der Waals surface area contributed by atoms with Crippen molar-refractivity contribution in [2.24, 2.45) is 10.9 Å². The summed E-state index contributed by atoms with van der Waals surface area (Å²) in [4.78, 5) is 17.5. The van der Waals surface area contributed by atoms with Crippen LogP contribution in [0, 0.1) is 5.92 Å². The Labute approximate surface area is 171 Å². The summed E-state index contributed by atoms with van der Waals surface area (Å²) < 4.78 is 5.50. The van der Waals surface area contributed by atoms with Crippen LogP contribution in [0.5, 0.6) is 0 Å². The van der Waals surface area contributed by atoms with Crippen molar-refractivity contribution in [2.45, 2.75) is 19.1 Å². The molecule has 0 aliphatic heterocycles. The summed E-state index contributed by atoms with van der Waals surface area (Å²) in [5.74, 6) is -0.441. The highest BCUT2D eigenvalue weighted by Gasteiger charge is 2.26. The number of carbonyl (C=O) groups excluding carboxylic acids is 1. The molecule has 2 atom stereocenters. The van der Waals surface area contributed by atoms with Crippen LogP contribution in [-0.2, 0) is 16.1 Å². The number of benzene rings is 3. The van der Waals surface area contributed by atoms with Crippen LogP contribution >= 0.6 is 0 Å². The maximum atomic E-state index is 12.5. The summed E-state index contributed by atoms with van der Waals surface area (Å²) in [6.07, 6.45) is 4.58. The first-order chi connectivity index (χ1) is 14.3. The Morgan fingerprint density at radius 3 is 1.93 bits per heavy atom. The van der Waals surface area contributed by atoms with Gasteiger partial charge in [0.1, 0.15) is 6.61 Å². The van der Waals surface area contributed by atoms with Gasteiger partial charge in [0.15, 0.2) is 0 Å². The quantitative estimate of drug-likeness (QED) is 0.334. The van der Waals surface area contributed by atoms with Crippen LogP contribution in [0.25, 0.3) is 0 Å². The average molecular weight is 381 g/mol. The monoisotopic (exact) mass is 381 g/mol. The highest BCUT2D eigenvalue weighted by molar-refractivity contribution is 6.13. The van der Waals surface area contributed by atoms with Gasteiger partial charge in [0.05, 0.1) is 17.7 Å². The van der Waals surface area contributed by atoms with E-state index in [9.17, 15) is 4.79 Å². The lowest BCUT2D eigenvalue weighted by atomic mass is 10.0. The van der Waals surface area contributed by atoms with E-state index in [-0.39, 0.29) is 17.9 Å². The van der Waals surface area contributed by atoms with Crippen molar-refractivity contribution in [3.63, 3.8) is 0 Å². The number of nitrogens with zero attached hydrogens (tertiary/aromatic N) is 1. The van der Waals surface area contributed by atoms with Crippen LogP contribution < -0.4 is 0 Å². The van der Waals surface area contributed by atoms with Crippen molar-refractivity contribution in [3.05, 3.63) is 120 Å². The molecule has 3 nitrogen and oxygen atoms in total. The molecule has 0 radical (unpaired) electrons. The van der Waals surface area contributed by atoms with Crippen molar-refractivity contribution >= 4 is 11.7 Å². The molecule has 0 saturated carbocycles. The third-order valence-corrected chi connectivity index (χ3v) is 4.98. The maximum absolute atomic E-state index is 12.5. The van der Waals surface area contributed by atoms with E-state index >= 15 is 0 Å². The smallest absolute Gasteiger partial charge is 0.313 e. The minimum absolute atomic E-state index is 0.0420. The molecule has 0 heterocycles. The Bertz CT molecular complexity index is 953. The molecule has 3 heteroatoms. The van der Waals surface area contributed by atoms with Crippen LogP contribution in [0.2, 0.25) is 0 Å². The molecule has 3 aromatic carbocycles. The Balaban J connectivity index is 1.46. The van der Waals surface area contributed by atoms with Crippen LogP contribution in [0.3, 0.4) is 0 Å². The molecular weight excluding hydrogens is 358 g/mol. The first kappa shape index (κ1) is 18.9. The highest BCUT2D eigenvalue weighted by atomic mass is 16.5. The van der Waals surface area contributed by atoms with E-state index in [0.717, 1.165) is 22.4 Å². The zero-order valence-electron chi connectivity index (χ0n) is 16.1. The second kappa shape index (κ2) is 9.16. The molecule has 0 fully saturated rings. The topological polar surface area (TPSA) is 38.7 Å². The number of rotatable bonds is 6. The lowest BCUT2D eigenvalue weighted by Gasteiger charge is -2.13. The van der Waals surface area contributed by atoms with Crippen molar-refractivity contribution in [2.75, 3.05) is 0 Å². The Kier molecular flexibility index (Phi) is 5.96. The largest absolute Gasteiger partial charge is 0.460 e. The Morgan fingerprint density at radius 1 is 0.793 bits per heavy atom. The van der Waals surface area contributed by atoms with E-state index in [0.29, 0.717) is 13.0 Å². The zero-order chi connectivity index (χ0) is 19.9. The van der Waals surface area contributed by atoms with Gasteiger partial charge in [0, 0.05) is 11.1 Å². The van der Waals surface area contributed by atoms with Crippen LogP contribution in [0.4, 0.5) is 0 Å². The third kappa shape index (κ3) is 4.88. The van der Waals surface area contributed by atoms with E-state index in [1.807, 2.05) is 78.9 Å². The summed E-state index contributed by atoms with van der Waals surface area (Å²) in [6.45, 7) is 0.303. The van der Waals surface area contributed by atoms with Gasteiger partial charge >= 0.3 is 5.97 Å². The number of ether oxygens (including phenoxy) is 1. The molecule has 0 unspecified atom stereocenters. The fourth-order valence-corrected chi connectivity index (χ4v) is 3.46. The minimum Gasteiger partial charge on any atom is -0.460 e. The van der Waals surface area contributed by atoms with E-state index in [1.165, 1.54) is 0 Å². The molecule has 0 amide bonds. The predicted octanol–water partition coefficient (Wildman–Crippen LogP) is 5.21. The van der Waals surface area contributed by atoms with E-state index in [1.54, 1.807) is 0 Å². The predicted molar refractivity (Wildman–Crippen MR) is 116 cm³/mol. The van der Waals surface area contributed by atoms with Gasteiger partial charge in [-0.05, 0) is 12.0 Å². The molecular formula is C26H23NO2. The molecule has 0 aromatic heterocycles. The fourth-order valence-electron chi connectivity index (χ4n) is 3.46. The summed E-state index contributed by atoms with van der Waals surface area (Å²) in [5, 5.41) is 0. The number of carbonyl (C=O) groups is 1. The SMILES string of the molecule is O=C(OCc1ccccc1)[C@H]1C=C[C@@H](N=C(c2ccccc2)c2ccccc2)C1. The number of hydrogen-bond acceptors (Lipinski definition) is 3. The molecule has 4 rings (SSSR count). The van der Waals surface area contributed by atoms with E-state index < -0.39 is 0 Å². The molecule has 0 spiro atoms. The molecule has 1 aliphatic carbocycles. The van der Waals surface area contributed by atoms with Gasteiger partial charge in [-0.25, -0.2) is 0 Å². The Hall–Kier alpha value is -3.46. The standard InChI is InChI=1S/C26H23NO2/c28-26(29-19-20-10-4-1-5-11-20)23-16-17-24(18-23)27-25(21-12-6-2-7-13-21)22-14-8-3-9-15-22/h1-17,23-24H,18-19H2/t23-,24+/m0/s1. The van der Waals surface area contributed by atoms with Gasteiger partial charge in [-0.1, -0.05) is 103 Å². The second-order valence-corrected chi connectivity index (χ2v) is 7.10. The summed E-state index contributed by atoms with van der Waals surface area (Å²) in [5.41, 5.74) is 4.08. The van der Waals surface area contributed by atoms with Crippen molar-refractivity contribution in [1.82, 2.24) is 0 Å². The van der Waals surface area contributed by atoms with Crippen molar-refractivity contribution in [1.29, 1.82) is 0 Å². The highest BCUT2D eigenvalue weighted by Crippen LogP contribution is 2.24. The van der Waals surface area contributed by atoms with Crippen molar-refractivity contribution in [3.8, 4) is 0 Å². The molecule has 3 aromatic rings. The number of hydrogen-bond donors (Lipinski definition) is 0. The zero-order valence-corrected chi connectivity index (χ0v) is 16.1. The first-order valence-electron chi connectivity index (χ1n) is 9.87. The number of esters is 1. The molecule has 29 heavy (non-hydrogen) atoms. The van der Waals surface area contributed by atoms with Gasteiger partial charge < -0.3 is 4.74 Å². The van der Waals surface area contributed by atoms with Gasteiger partial charge in [-0.15, -0.1) is 0 Å². The minimum atomic E-state index is -0.250. The first-order valence-corrected chi connectivity index (χ1v) is 9.87. The third-order valence-electron chi connectivity index (χ3n) is 4.98.